The monoisotopic (exact) mass is 353 g/mol. The van der Waals surface area contributed by atoms with E-state index < -0.39 is 0 Å². The molecule has 1 saturated heterocycles. The van der Waals surface area contributed by atoms with Crippen molar-refractivity contribution in [1.29, 1.82) is 0 Å². The fraction of sp³-hybridized carbons (Fsp3) is 0.409. The molecule has 0 spiro atoms. The summed E-state index contributed by atoms with van der Waals surface area (Å²) in [4.78, 5) is 14.4. The molecule has 2 aromatic carbocycles. The van der Waals surface area contributed by atoms with Crippen LogP contribution in [0.4, 0.5) is 0 Å². The summed E-state index contributed by atoms with van der Waals surface area (Å²) in [6.45, 7) is 4.08. The predicted molar refractivity (Wildman–Crippen MR) is 104 cm³/mol. The molecule has 4 nitrogen and oxygen atoms in total. The van der Waals surface area contributed by atoms with E-state index in [2.05, 4.69) is 0 Å². The maximum atomic E-state index is 12.7. The zero-order chi connectivity index (χ0) is 18.4. The number of nitrogens with zero attached hydrogens (tertiary/aromatic N) is 1. The summed E-state index contributed by atoms with van der Waals surface area (Å²) in [5.41, 5.74) is 2.85. The van der Waals surface area contributed by atoms with Crippen LogP contribution in [0.5, 0.6) is 5.75 Å². The molecular formula is C22H27NO3. The second-order valence-corrected chi connectivity index (χ2v) is 6.71. The molecule has 3 rings (SSSR count). The van der Waals surface area contributed by atoms with Gasteiger partial charge in [0.2, 0.25) is 0 Å². The molecule has 4 heteroatoms. The van der Waals surface area contributed by atoms with Crippen LogP contribution >= 0.6 is 0 Å². The second kappa shape index (κ2) is 8.86. The second-order valence-electron chi connectivity index (χ2n) is 6.71. The van der Waals surface area contributed by atoms with Gasteiger partial charge >= 0.3 is 0 Å². The van der Waals surface area contributed by atoms with Crippen LogP contribution in [0.2, 0.25) is 0 Å². The van der Waals surface area contributed by atoms with Crippen molar-refractivity contribution in [2.45, 2.75) is 32.3 Å². The van der Waals surface area contributed by atoms with Crippen LogP contribution in [0, 0.1) is 0 Å². The summed E-state index contributed by atoms with van der Waals surface area (Å²) >= 11 is 0. The van der Waals surface area contributed by atoms with Gasteiger partial charge in [-0.05, 0) is 61.6 Å². The molecule has 0 saturated carbocycles. The first kappa shape index (κ1) is 18.5. The number of hydrogen-bond donors (Lipinski definition) is 0. The smallest absolute Gasteiger partial charge is 0.253 e. The molecule has 1 fully saturated rings. The zero-order valence-electron chi connectivity index (χ0n) is 15.6. The highest BCUT2D eigenvalue weighted by atomic mass is 16.5. The molecule has 1 aliphatic rings. The Labute approximate surface area is 155 Å². The third kappa shape index (κ3) is 4.64. The van der Waals surface area contributed by atoms with Crippen LogP contribution in [-0.4, -0.2) is 43.7 Å². The van der Waals surface area contributed by atoms with Gasteiger partial charge in [0.1, 0.15) is 5.75 Å². The topological polar surface area (TPSA) is 38.8 Å². The van der Waals surface area contributed by atoms with E-state index >= 15 is 0 Å². The summed E-state index contributed by atoms with van der Waals surface area (Å²) in [6.07, 6.45) is 3.51. The standard InChI is InChI=1S/C22H27NO3/c1-3-25-20-9-6-7-19(15-20)17-10-12-18(13-11-17)22(24)23(2)16-21-8-4-5-14-26-21/h6-7,9-13,15,21H,3-5,8,14,16H2,1-2H3. The number of hydrogen-bond acceptors (Lipinski definition) is 3. The van der Waals surface area contributed by atoms with E-state index in [0.29, 0.717) is 18.7 Å². The lowest BCUT2D eigenvalue weighted by molar-refractivity contribution is -0.000186. The fourth-order valence-corrected chi connectivity index (χ4v) is 3.30. The zero-order valence-corrected chi connectivity index (χ0v) is 15.6. The van der Waals surface area contributed by atoms with Crippen molar-refractivity contribution in [2.75, 3.05) is 26.8 Å². The summed E-state index contributed by atoms with van der Waals surface area (Å²) < 4.78 is 11.3. The number of amides is 1. The van der Waals surface area contributed by atoms with E-state index in [4.69, 9.17) is 9.47 Å². The van der Waals surface area contributed by atoms with E-state index in [1.807, 2.05) is 62.5 Å². The fourth-order valence-electron chi connectivity index (χ4n) is 3.30. The van der Waals surface area contributed by atoms with Gasteiger partial charge in [-0.2, -0.15) is 0 Å². The first-order chi connectivity index (χ1) is 12.7. The summed E-state index contributed by atoms with van der Waals surface area (Å²) in [7, 11) is 1.85. The maximum absolute atomic E-state index is 12.7. The highest BCUT2D eigenvalue weighted by Crippen LogP contribution is 2.24. The first-order valence-corrected chi connectivity index (χ1v) is 9.37. The highest BCUT2D eigenvalue weighted by Gasteiger charge is 2.19. The summed E-state index contributed by atoms with van der Waals surface area (Å²) in [6, 6.07) is 15.8. The average Bonchev–Trinajstić information content (AvgIpc) is 2.69. The van der Waals surface area contributed by atoms with E-state index in [-0.39, 0.29) is 12.0 Å². The van der Waals surface area contributed by atoms with Crippen LogP contribution < -0.4 is 4.74 Å². The van der Waals surface area contributed by atoms with Gasteiger partial charge in [-0.15, -0.1) is 0 Å². The van der Waals surface area contributed by atoms with E-state index in [1.165, 1.54) is 6.42 Å². The third-order valence-corrected chi connectivity index (χ3v) is 4.71. The molecule has 0 N–H and O–H groups in total. The van der Waals surface area contributed by atoms with Crippen molar-refractivity contribution in [3.8, 4) is 16.9 Å². The number of benzene rings is 2. The molecule has 0 radical (unpaired) electrons. The van der Waals surface area contributed by atoms with Crippen molar-refractivity contribution in [2.24, 2.45) is 0 Å². The summed E-state index contributed by atoms with van der Waals surface area (Å²) in [5, 5.41) is 0. The van der Waals surface area contributed by atoms with E-state index in [9.17, 15) is 4.79 Å². The van der Waals surface area contributed by atoms with Crippen molar-refractivity contribution in [3.05, 3.63) is 54.1 Å². The first-order valence-electron chi connectivity index (χ1n) is 9.37. The third-order valence-electron chi connectivity index (χ3n) is 4.71. The Morgan fingerprint density at radius 3 is 2.65 bits per heavy atom. The molecule has 138 valence electrons. The molecule has 0 aliphatic carbocycles. The number of likely N-dealkylation sites (N-methyl/N-ethyl adjacent to an activating group) is 1. The molecular weight excluding hydrogens is 326 g/mol. The highest BCUT2D eigenvalue weighted by molar-refractivity contribution is 5.94. The largest absolute Gasteiger partial charge is 0.494 e. The minimum Gasteiger partial charge on any atom is -0.494 e. The Morgan fingerprint density at radius 1 is 1.15 bits per heavy atom. The van der Waals surface area contributed by atoms with Crippen LogP contribution in [0.25, 0.3) is 11.1 Å². The van der Waals surface area contributed by atoms with Crippen molar-refractivity contribution < 1.29 is 14.3 Å². The van der Waals surface area contributed by atoms with Crippen LogP contribution in [0.3, 0.4) is 0 Å². The maximum Gasteiger partial charge on any atom is 0.253 e. The van der Waals surface area contributed by atoms with Gasteiger partial charge in [0, 0.05) is 25.8 Å². The van der Waals surface area contributed by atoms with Gasteiger partial charge < -0.3 is 14.4 Å². The average molecular weight is 353 g/mol. The van der Waals surface area contributed by atoms with Gasteiger partial charge in [0.05, 0.1) is 12.7 Å². The molecule has 1 aliphatic heterocycles. The Hall–Kier alpha value is -2.33. The molecule has 0 bridgehead atoms. The molecule has 1 unspecified atom stereocenters. The molecule has 26 heavy (non-hydrogen) atoms. The van der Waals surface area contributed by atoms with E-state index in [0.717, 1.165) is 36.3 Å². The lowest BCUT2D eigenvalue weighted by Gasteiger charge is -2.27. The van der Waals surface area contributed by atoms with Gasteiger partial charge in [-0.25, -0.2) is 0 Å². The quantitative estimate of drug-likeness (QED) is 0.773. The van der Waals surface area contributed by atoms with Crippen LogP contribution in [0.15, 0.2) is 48.5 Å². The van der Waals surface area contributed by atoms with Gasteiger partial charge in [-0.1, -0.05) is 24.3 Å². The molecule has 1 heterocycles. The van der Waals surface area contributed by atoms with E-state index in [1.54, 1.807) is 4.90 Å². The van der Waals surface area contributed by atoms with Gasteiger partial charge in [0.15, 0.2) is 0 Å². The minimum absolute atomic E-state index is 0.0359. The number of carbonyl (C=O) groups is 1. The van der Waals surface area contributed by atoms with Crippen LogP contribution in [0.1, 0.15) is 36.5 Å². The molecule has 0 aromatic heterocycles. The number of carbonyl (C=O) groups excluding carboxylic acids is 1. The predicted octanol–water partition coefficient (Wildman–Crippen LogP) is 4.39. The summed E-state index contributed by atoms with van der Waals surface area (Å²) in [5.74, 6) is 0.895. The lowest BCUT2D eigenvalue weighted by atomic mass is 10.0. The van der Waals surface area contributed by atoms with Crippen molar-refractivity contribution in [3.63, 3.8) is 0 Å². The molecule has 1 amide bonds. The van der Waals surface area contributed by atoms with Crippen molar-refractivity contribution in [1.82, 2.24) is 4.90 Å². The minimum atomic E-state index is 0.0359. The van der Waals surface area contributed by atoms with Gasteiger partial charge in [0.25, 0.3) is 5.91 Å². The number of rotatable bonds is 6. The Kier molecular flexibility index (Phi) is 6.29. The lowest BCUT2D eigenvalue weighted by Crippen LogP contribution is -2.37. The SMILES string of the molecule is CCOc1cccc(-c2ccc(C(=O)N(C)CC3CCCCO3)cc2)c1. The van der Waals surface area contributed by atoms with Crippen molar-refractivity contribution >= 4 is 5.91 Å². The Morgan fingerprint density at radius 2 is 1.96 bits per heavy atom. The van der Waals surface area contributed by atoms with Crippen LogP contribution in [-0.2, 0) is 4.74 Å². The van der Waals surface area contributed by atoms with Gasteiger partial charge in [-0.3, -0.25) is 4.79 Å². The molecule has 2 aromatic rings. The Bertz CT molecular complexity index is 720. The molecule has 1 atom stereocenters. The Balaban J connectivity index is 1.66. The number of ether oxygens (including phenoxy) is 2. The normalized spacial score (nSPS) is 16.9.